The first-order valence-electron chi connectivity index (χ1n) is 9.15. The molecule has 1 N–H and O–H groups in total. The number of hydrogen-bond donors (Lipinski definition) is 1. The van der Waals surface area contributed by atoms with Crippen LogP contribution in [0.3, 0.4) is 0 Å². The Bertz CT molecular complexity index is 1040. The van der Waals surface area contributed by atoms with Crippen LogP contribution in [0, 0.1) is 0 Å². The molecule has 0 aliphatic heterocycles. The van der Waals surface area contributed by atoms with E-state index in [0.717, 1.165) is 30.5 Å². The van der Waals surface area contributed by atoms with Crippen LogP contribution in [-0.4, -0.2) is 20.9 Å². The maximum Gasteiger partial charge on any atom is 0.416 e. The van der Waals surface area contributed by atoms with Crippen LogP contribution in [0.4, 0.5) is 13.2 Å². The Morgan fingerprint density at radius 1 is 1.10 bits per heavy atom. The predicted octanol–water partition coefficient (Wildman–Crippen LogP) is 4.36. The van der Waals surface area contributed by atoms with E-state index in [1.54, 1.807) is 12.1 Å². The third kappa shape index (κ3) is 4.11. The average Bonchev–Trinajstić information content (AvgIpc) is 2.74. The second kappa shape index (κ2) is 7.62. The van der Waals surface area contributed by atoms with Gasteiger partial charge in [0.25, 0.3) is 5.91 Å². The zero-order chi connectivity index (χ0) is 20.4. The molecule has 1 unspecified atom stereocenters. The maximum absolute atomic E-state index is 13.0. The third-order valence-electron chi connectivity index (χ3n) is 4.90. The predicted molar refractivity (Wildman–Crippen MR) is 99.9 cm³/mol. The molecule has 1 aromatic carbocycles. The number of carbonyl (C=O) groups is 1. The maximum atomic E-state index is 13.0. The van der Waals surface area contributed by atoms with Crippen molar-refractivity contribution < 1.29 is 18.0 Å². The number of fused-ring (bicyclic) bond motifs is 1. The van der Waals surface area contributed by atoms with E-state index in [-0.39, 0.29) is 11.9 Å². The summed E-state index contributed by atoms with van der Waals surface area (Å²) in [5.74, 6) is -0.310. The van der Waals surface area contributed by atoms with Crippen molar-refractivity contribution in [3.05, 3.63) is 77.5 Å². The molecule has 1 amide bonds. The molecule has 1 aliphatic rings. The summed E-state index contributed by atoms with van der Waals surface area (Å²) in [6.45, 7) is 0. The van der Waals surface area contributed by atoms with Crippen molar-refractivity contribution in [2.75, 3.05) is 0 Å². The molecule has 148 valence electrons. The van der Waals surface area contributed by atoms with Gasteiger partial charge in [-0.2, -0.15) is 13.2 Å². The molecule has 3 aromatic rings. The Hall–Kier alpha value is -3.29. The first kappa shape index (κ1) is 19.0. The lowest BCUT2D eigenvalue weighted by Crippen LogP contribution is -2.32. The number of hydrogen-bond acceptors (Lipinski definition) is 4. The molecule has 0 saturated carbocycles. The first-order chi connectivity index (χ1) is 13.9. The fraction of sp³-hybridized carbons (Fsp3) is 0.238. The highest BCUT2D eigenvalue weighted by atomic mass is 19.4. The number of benzene rings is 1. The summed E-state index contributed by atoms with van der Waals surface area (Å²) in [7, 11) is 0. The Morgan fingerprint density at radius 2 is 1.90 bits per heavy atom. The number of nitrogens with zero attached hydrogens (tertiary/aromatic N) is 3. The minimum Gasteiger partial charge on any atom is -0.344 e. The highest BCUT2D eigenvalue weighted by Crippen LogP contribution is 2.34. The van der Waals surface area contributed by atoms with Gasteiger partial charge >= 0.3 is 6.18 Å². The van der Waals surface area contributed by atoms with Gasteiger partial charge in [0.2, 0.25) is 0 Å². The third-order valence-corrected chi connectivity index (χ3v) is 4.90. The van der Waals surface area contributed by atoms with Crippen molar-refractivity contribution in [1.29, 1.82) is 0 Å². The van der Waals surface area contributed by atoms with Crippen LogP contribution in [0.5, 0.6) is 0 Å². The van der Waals surface area contributed by atoms with Crippen LogP contribution in [0.25, 0.3) is 11.3 Å². The van der Waals surface area contributed by atoms with Crippen LogP contribution in [0.15, 0.2) is 55.1 Å². The Labute approximate surface area is 165 Å². The molecule has 0 saturated heterocycles. The molecule has 2 heterocycles. The summed E-state index contributed by atoms with van der Waals surface area (Å²) in [5.41, 5.74) is 2.13. The number of pyridine rings is 1. The second-order valence-corrected chi connectivity index (χ2v) is 6.86. The van der Waals surface area contributed by atoms with Crippen molar-refractivity contribution in [1.82, 2.24) is 20.3 Å². The summed E-state index contributed by atoms with van der Waals surface area (Å²) < 4.78 is 39.1. The summed E-state index contributed by atoms with van der Waals surface area (Å²) in [6.07, 6.45) is 2.18. The van der Waals surface area contributed by atoms with E-state index in [2.05, 4.69) is 20.3 Å². The van der Waals surface area contributed by atoms with Crippen LogP contribution < -0.4 is 5.32 Å². The Morgan fingerprint density at radius 3 is 2.66 bits per heavy atom. The summed E-state index contributed by atoms with van der Waals surface area (Å²) in [6, 6.07) is 8.37. The average molecular weight is 398 g/mol. The highest BCUT2D eigenvalue weighted by molar-refractivity contribution is 5.93. The van der Waals surface area contributed by atoms with Gasteiger partial charge in [-0.25, -0.2) is 9.97 Å². The number of alkyl halides is 3. The van der Waals surface area contributed by atoms with E-state index >= 15 is 0 Å². The van der Waals surface area contributed by atoms with Crippen molar-refractivity contribution >= 4 is 5.91 Å². The van der Waals surface area contributed by atoms with Gasteiger partial charge in [0.05, 0.1) is 28.6 Å². The lowest BCUT2D eigenvalue weighted by atomic mass is 9.91. The number of rotatable bonds is 3. The fourth-order valence-corrected chi connectivity index (χ4v) is 3.46. The fourth-order valence-electron chi connectivity index (χ4n) is 3.46. The van der Waals surface area contributed by atoms with Crippen LogP contribution >= 0.6 is 0 Å². The van der Waals surface area contributed by atoms with Gasteiger partial charge in [-0.3, -0.25) is 9.78 Å². The molecule has 4 rings (SSSR count). The van der Waals surface area contributed by atoms with E-state index in [0.29, 0.717) is 28.9 Å². The van der Waals surface area contributed by atoms with Crippen molar-refractivity contribution in [3.8, 4) is 11.3 Å². The molecule has 0 fully saturated rings. The topological polar surface area (TPSA) is 67.8 Å². The molecule has 0 radical (unpaired) electrons. The van der Waals surface area contributed by atoms with Crippen molar-refractivity contribution in [2.24, 2.45) is 0 Å². The number of amides is 1. The largest absolute Gasteiger partial charge is 0.416 e. The Kier molecular flexibility index (Phi) is 5.00. The molecule has 0 bridgehead atoms. The zero-order valence-electron chi connectivity index (χ0n) is 15.3. The SMILES string of the molecule is O=C(NC1CCCc2ccc(-c3cccc(C(F)(F)F)c3)nc21)c1cncnc1. The molecule has 5 nitrogen and oxygen atoms in total. The summed E-state index contributed by atoms with van der Waals surface area (Å²) in [4.78, 5) is 24.8. The normalized spacial score (nSPS) is 16.2. The standard InChI is InChI=1S/C21H17F3N4O/c22-21(23,24)16-5-1-4-14(9-16)17-8-7-13-3-2-6-18(19(13)27-17)28-20(29)15-10-25-12-26-11-15/h1,4-5,7-12,18H,2-3,6H2,(H,28,29). The lowest BCUT2D eigenvalue weighted by molar-refractivity contribution is -0.137. The monoisotopic (exact) mass is 398 g/mol. The van der Waals surface area contributed by atoms with Gasteiger partial charge in [-0.15, -0.1) is 0 Å². The van der Waals surface area contributed by atoms with Gasteiger partial charge in [-0.05, 0) is 43.0 Å². The second-order valence-electron chi connectivity index (χ2n) is 6.86. The lowest BCUT2D eigenvalue weighted by Gasteiger charge is -2.26. The zero-order valence-corrected chi connectivity index (χ0v) is 15.3. The molecule has 1 aliphatic carbocycles. The number of aryl methyl sites for hydroxylation is 1. The van der Waals surface area contributed by atoms with Gasteiger partial charge in [0.15, 0.2) is 0 Å². The molecule has 0 spiro atoms. The van der Waals surface area contributed by atoms with E-state index in [9.17, 15) is 18.0 Å². The number of halogens is 3. The number of nitrogens with one attached hydrogen (secondary N) is 1. The highest BCUT2D eigenvalue weighted by Gasteiger charge is 2.31. The van der Waals surface area contributed by atoms with E-state index in [1.165, 1.54) is 24.8 Å². The smallest absolute Gasteiger partial charge is 0.344 e. The summed E-state index contributed by atoms with van der Waals surface area (Å²) in [5, 5.41) is 2.94. The van der Waals surface area contributed by atoms with Gasteiger partial charge in [0.1, 0.15) is 6.33 Å². The van der Waals surface area contributed by atoms with Crippen LogP contribution in [0.1, 0.15) is 46.1 Å². The molecular weight excluding hydrogens is 381 g/mol. The van der Waals surface area contributed by atoms with Gasteiger partial charge < -0.3 is 5.32 Å². The Balaban J connectivity index is 1.65. The quantitative estimate of drug-likeness (QED) is 0.712. The van der Waals surface area contributed by atoms with E-state index in [4.69, 9.17) is 0 Å². The molecule has 1 atom stereocenters. The minimum atomic E-state index is -4.42. The van der Waals surface area contributed by atoms with Crippen LogP contribution in [0.2, 0.25) is 0 Å². The van der Waals surface area contributed by atoms with Crippen molar-refractivity contribution in [2.45, 2.75) is 31.5 Å². The molecular formula is C21H17F3N4O. The first-order valence-corrected chi connectivity index (χ1v) is 9.15. The molecule has 2 aromatic heterocycles. The van der Waals surface area contributed by atoms with Gasteiger partial charge in [0, 0.05) is 18.0 Å². The molecule has 29 heavy (non-hydrogen) atoms. The summed E-state index contributed by atoms with van der Waals surface area (Å²) >= 11 is 0. The minimum absolute atomic E-state index is 0.310. The number of carbonyl (C=O) groups excluding carboxylic acids is 1. The van der Waals surface area contributed by atoms with E-state index < -0.39 is 11.7 Å². The van der Waals surface area contributed by atoms with Crippen molar-refractivity contribution in [3.63, 3.8) is 0 Å². The van der Waals surface area contributed by atoms with Crippen LogP contribution in [-0.2, 0) is 12.6 Å². The van der Waals surface area contributed by atoms with Gasteiger partial charge in [-0.1, -0.05) is 18.2 Å². The van der Waals surface area contributed by atoms with E-state index in [1.807, 2.05) is 6.07 Å². The number of aromatic nitrogens is 3. The molecule has 8 heteroatoms.